The average Bonchev–Trinajstić information content (AvgIpc) is 2.96. The summed E-state index contributed by atoms with van der Waals surface area (Å²) in [7, 11) is 0.996. The number of esters is 1. The van der Waals surface area contributed by atoms with Crippen LogP contribution in [-0.2, 0) is 10.9 Å². The summed E-state index contributed by atoms with van der Waals surface area (Å²) in [5.74, 6) is -1.97. The van der Waals surface area contributed by atoms with E-state index >= 15 is 0 Å². The van der Waals surface area contributed by atoms with Crippen molar-refractivity contribution in [3.63, 3.8) is 0 Å². The summed E-state index contributed by atoms with van der Waals surface area (Å²) in [6.07, 6.45) is -3.59. The van der Waals surface area contributed by atoms with Crippen LogP contribution in [0.5, 0.6) is 0 Å². The van der Waals surface area contributed by atoms with E-state index in [2.05, 4.69) is 4.74 Å². The van der Waals surface area contributed by atoms with Crippen LogP contribution in [0.3, 0.4) is 0 Å². The molecule has 2 aromatic heterocycles. The van der Waals surface area contributed by atoms with Gasteiger partial charge in [0, 0.05) is 11.8 Å². The first kappa shape index (κ1) is 17.7. The number of halogens is 3. The first-order valence-corrected chi connectivity index (χ1v) is 7.65. The Labute approximate surface area is 146 Å². The number of carbonyl (C=O) groups is 2. The molecule has 0 bridgehead atoms. The fourth-order valence-corrected chi connectivity index (χ4v) is 2.86. The van der Waals surface area contributed by atoms with Gasteiger partial charge in [-0.05, 0) is 19.1 Å². The Hall–Kier alpha value is -3.09. The number of benzene rings is 1. The van der Waals surface area contributed by atoms with Crippen molar-refractivity contribution in [2.24, 2.45) is 0 Å². The molecule has 0 aliphatic carbocycles. The van der Waals surface area contributed by atoms with Gasteiger partial charge in [0.1, 0.15) is 11.3 Å². The van der Waals surface area contributed by atoms with Crippen LogP contribution in [0.25, 0.3) is 5.52 Å². The second-order valence-electron chi connectivity index (χ2n) is 5.74. The molecule has 134 valence electrons. The fourth-order valence-electron chi connectivity index (χ4n) is 2.86. The molecule has 1 aromatic carbocycles. The standard InChI is InChI=1S/C19H14F3NO3/c1-11-6-8-12(9-7-11)17(24)16-15(19(20,21)22)14(18(25)26-2)13-5-3-4-10-23(13)16/h3-10H,1-2H3. The summed E-state index contributed by atoms with van der Waals surface area (Å²) in [4.78, 5) is 25.0. The van der Waals surface area contributed by atoms with E-state index in [-0.39, 0.29) is 11.1 Å². The van der Waals surface area contributed by atoms with Gasteiger partial charge in [-0.15, -0.1) is 0 Å². The van der Waals surface area contributed by atoms with Crippen LogP contribution >= 0.6 is 0 Å². The first-order chi connectivity index (χ1) is 12.3. The van der Waals surface area contributed by atoms with Crippen LogP contribution in [0.1, 0.15) is 37.5 Å². The zero-order valence-corrected chi connectivity index (χ0v) is 13.9. The molecule has 7 heteroatoms. The Morgan fingerprint density at radius 3 is 2.27 bits per heavy atom. The van der Waals surface area contributed by atoms with E-state index in [4.69, 9.17) is 0 Å². The van der Waals surface area contributed by atoms with E-state index in [1.807, 2.05) is 0 Å². The highest BCUT2D eigenvalue weighted by Crippen LogP contribution is 2.39. The molecule has 0 fully saturated rings. The van der Waals surface area contributed by atoms with Gasteiger partial charge < -0.3 is 9.14 Å². The zero-order chi connectivity index (χ0) is 19.1. The van der Waals surface area contributed by atoms with Gasteiger partial charge in [-0.25, -0.2) is 4.79 Å². The Bertz CT molecular complexity index is 1000. The van der Waals surface area contributed by atoms with Gasteiger partial charge in [-0.3, -0.25) is 4.79 Å². The van der Waals surface area contributed by atoms with Gasteiger partial charge in [0.2, 0.25) is 5.78 Å². The summed E-state index contributed by atoms with van der Waals surface area (Å²) in [5, 5.41) is 0. The van der Waals surface area contributed by atoms with Crippen molar-refractivity contribution in [1.29, 1.82) is 0 Å². The SMILES string of the molecule is COC(=O)c1c(C(F)(F)F)c(C(=O)c2ccc(C)cc2)n2ccccc12. The molecule has 0 aliphatic rings. The number of carbonyl (C=O) groups excluding carboxylic acids is 2. The van der Waals surface area contributed by atoms with Crippen molar-refractivity contribution in [3.8, 4) is 0 Å². The number of rotatable bonds is 3. The highest BCUT2D eigenvalue weighted by Gasteiger charge is 2.43. The highest BCUT2D eigenvalue weighted by molar-refractivity contribution is 6.13. The van der Waals surface area contributed by atoms with Crippen molar-refractivity contribution in [3.05, 3.63) is 76.6 Å². The van der Waals surface area contributed by atoms with Crippen molar-refractivity contribution < 1.29 is 27.5 Å². The van der Waals surface area contributed by atoms with Crippen LogP contribution in [0, 0.1) is 6.92 Å². The summed E-state index contributed by atoms with van der Waals surface area (Å²) in [5.41, 5.74) is -1.65. The molecule has 2 heterocycles. The molecule has 0 N–H and O–H groups in total. The number of ether oxygens (including phenoxy) is 1. The third-order valence-electron chi connectivity index (χ3n) is 4.05. The number of pyridine rings is 1. The second kappa shape index (κ2) is 6.33. The third kappa shape index (κ3) is 2.85. The summed E-state index contributed by atoms with van der Waals surface area (Å²) >= 11 is 0. The molecule has 26 heavy (non-hydrogen) atoms. The molecule has 0 saturated carbocycles. The summed E-state index contributed by atoms with van der Waals surface area (Å²) in [6, 6.07) is 10.5. The quantitative estimate of drug-likeness (QED) is 0.517. The van der Waals surface area contributed by atoms with E-state index in [1.165, 1.54) is 36.5 Å². The number of nitrogens with zero attached hydrogens (tertiary/aromatic N) is 1. The summed E-state index contributed by atoms with van der Waals surface area (Å²) < 4.78 is 47.0. The maximum Gasteiger partial charge on any atom is 0.419 e. The van der Waals surface area contributed by atoms with Gasteiger partial charge in [0.25, 0.3) is 0 Å². The first-order valence-electron chi connectivity index (χ1n) is 7.65. The lowest BCUT2D eigenvalue weighted by molar-refractivity contribution is -0.138. The maximum atomic E-state index is 13.8. The van der Waals surface area contributed by atoms with Crippen molar-refractivity contribution in [1.82, 2.24) is 4.40 Å². The van der Waals surface area contributed by atoms with Crippen LogP contribution < -0.4 is 0 Å². The van der Waals surface area contributed by atoms with Crippen LogP contribution in [-0.4, -0.2) is 23.3 Å². The lowest BCUT2D eigenvalue weighted by Gasteiger charge is -2.10. The lowest BCUT2D eigenvalue weighted by Crippen LogP contribution is -2.17. The van der Waals surface area contributed by atoms with E-state index in [9.17, 15) is 22.8 Å². The molecule has 0 radical (unpaired) electrons. The number of aromatic nitrogens is 1. The van der Waals surface area contributed by atoms with E-state index in [1.54, 1.807) is 19.1 Å². The van der Waals surface area contributed by atoms with Crippen molar-refractivity contribution in [2.75, 3.05) is 7.11 Å². The summed E-state index contributed by atoms with van der Waals surface area (Å²) in [6.45, 7) is 1.80. The van der Waals surface area contributed by atoms with Gasteiger partial charge in [0.15, 0.2) is 0 Å². The Morgan fingerprint density at radius 2 is 1.69 bits per heavy atom. The number of ketones is 1. The van der Waals surface area contributed by atoms with Crippen LogP contribution in [0.2, 0.25) is 0 Å². The zero-order valence-electron chi connectivity index (χ0n) is 13.9. The molecule has 0 atom stereocenters. The third-order valence-corrected chi connectivity index (χ3v) is 4.05. The monoisotopic (exact) mass is 361 g/mol. The maximum absolute atomic E-state index is 13.8. The van der Waals surface area contributed by atoms with E-state index < -0.39 is 34.7 Å². The number of aryl methyl sites for hydroxylation is 1. The predicted octanol–water partition coefficient (Wildman–Crippen LogP) is 4.28. The molecular formula is C19H14F3NO3. The number of hydrogen-bond acceptors (Lipinski definition) is 3. The van der Waals surface area contributed by atoms with Crippen LogP contribution in [0.15, 0.2) is 48.7 Å². The molecular weight excluding hydrogens is 347 g/mol. The normalized spacial score (nSPS) is 11.6. The molecule has 0 amide bonds. The van der Waals surface area contributed by atoms with Gasteiger partial charge in [-0.2, -0.15) is 13.2 Å². The number of fused-ring (bicyclic) bond motifs is 1. The van der Waals surface area contributed by atoms with E-state index in [0.717, 1.165) is 17.1 Å². The predicted molar refractivity (Wildman–Crippen MR) is 88.4 cm³/mol. The van der Waals surface area contributed by atoms with Crippen molar-refractivity contribution in [2.45, 2.75) is 13.1 Å². The van der Waals surface area contributed by atoms with Gasteiger partial charge >= 0.3 is 12.1 Å². The topological polar surface area (TPSA) is 47.8 Å². The Balaban J connectivity index is 2.39. The minimum atomic E-state index is -4.91. The number of hydrogen-bond donors (Lipinski definition) is 0. The number of methoxy groups -OCH3 is 1. The highest BCUT2D eigenvalue weighted by atomic mass is 19.4. The van der Waals surface area contributed by atoms with Crippen molar-refractivity contribution >= 4 is 17.3 Å². The van der Waals surface area contributed by atoms with Gasteiger partial charge in [0.05, 0.1) is 18.2 Å². The molecule has 0 saturated heterocycles. The molecule has 3 aromatic rings. The lowest BCUT2D eigenvalue weighted by atomic mass is 10.0. The second-order valence-corrected chi connectivity index (χ2v) is 5.74. The molecule has 4 nitrogen and oxygen atoms in total. The average molecular weight is 361 g/mol. The van der Waals surface area contributed by atoms with E-state index in [0.29, 0.717) is 0 Å². The molecule has 0 unspecified atom stereocenters. The van der Waals surface area contributed by atoms with Crippen LogP contribution in [0.4, 0.5) is 13.2 Å². The Morgan fingerprint density at radius 1 is 1.04 bits per heavy atom. The Kier molecular flexibility index (Phi) is 4.31. The minimum absolute atomic E-state index is 0.0397. The number of alkyl halides is 3. The molecule has 0 aliphatic heterocycles. The van der Waals surface area contributed by atoms with Gasteiger partial charge in [-0.1, -0.05) is 35.9 Å². The molecule has 3 rings (SSSR count). The smallest absolute Gasteiger partial charge is 0.419 e. The molecule has 0 spiro atoms. The largest absolute Gasteiger partial charge is 0.465 e. The minimum Gasteiger partial charge on any atom is -0.465 e. The fraction of sp³-hybridized carbons (Fsp3) is 0.158.